The first-order valence-electron chi connectivity index (χ1n) is 4.68. The molecule has 0 amide bonds. The smallest absolute Gasteiger partial charge is 0.127 e. The van der Waals surface area contributed by atoms with Crippen molar-refractivity contribution >= 4 is 5.69 Å². The number of anilines is 1. The van der Waals surface area contributed by atoms with Gasteiger partial charge in [-0.25, -0.2) is 0 Å². The van der Waals surface area contributed by atoms with E-state index < -0.39 is 0 Å². The van der Waals surface area contributed by atoms with Gasteiger partial charge in [0.2, 0.25) is 0 Å². The summed E-state index contributed by atoms with van der Waals surface area (Å²) in [5, 5.41) is 9.72. The number of aryl methyl sites for hydroxylation is 1. The Kier molecular flexibility index (Phi) is 2.29. The largest absolute Gasteiger partial charge is 0.507 e. The van der Waals surface area contributed by atoms with Gasteiger partial charge in [-0.1, -0.05) is 0 Å². The van der Waals surface area contributed by atoms with Crippen LogP contribution in [0.1, 0.15) is 5.56 Å². The van der Waals surface area contributed by atoms with E-state index in [-0.39, 0.29) is 5.75 Å². The molecule has 0 radical (unpaired) electrons. The average Bonchev–Trinajstić information content (AvgIpc) is 2.17. The fourth-order valence-electron chi connectivity index (χ4n) is 1.45. The van der Waals surface area contributed by atoms with Crippen molar-refractivity contribution in [1.29, 1.82) is 0 Å². The van der Waals surface area contributed by atoms with E-state index in [0.717, 1.165) is 11.3 Å². The molecule has 3 heteroatoms. The predicted octanol–water partition coefficient (Wildman–Crippen LogP) is 2.34. The number of nitrogens with zero attached hydrogens (tertiary/aromatic N) is 1. The first-order valence-corrected chi connectivity index (χ1v) is 4.68. The Morgan fingerprint density at radius 3 is 2.67 bits per heavy atom. The third-order valence-electron chi connectivity index (χ3n) is 2.21. The molecule has 2 aromatic rings. The summed E-state index contributed by atoms with van der Waals surface area (Å²) in [6, 6.07) is 8.88. The summed E-state index contributed by atoms with van der Waals surface area (Å²) in [7, 11) is 0. The summed E-state index contributed by atoms with van der Waals surface area (Å²) in [6.07, 6.45) is 1.72. The molecule has 0 aliphatic heterocycles. The number of aromatic hydroxyl groups is 1. The molecule has 0 saturated carbocycles. The number of pyridine rings is 1. The monoisotopic (exact) mass is 200 g/mol. The lowest BCUT2D eigenvalue weighted by molar-refractivity contribution is 0.477. The second kappa shape index (κ2) is 3.61. The maximum absolute atomic E-state index is 9.72. The van der Waals surface area contributed by atoms with Crippen molar-refractivity contribution in [3.05, 3.63) is 42.1 Å². The van der Waals surface area contributed by atoms with Gasteiger partial charge in [0.25, 0.3) is 0 Å². The highest BCUT2D eigenvalue weighted by Crippen LogP contribution is 2.29. The van der Waals surface area contributed by atoms with Crippen molar-refractivity contribution in [3.63, 3.8) is 0 Å². The van der Waals surface area contributed by atoms with E-state index >= 15 is 0 Å². The molecule has 1 heterocycles. The first-order chi connectivity index (χ1) is 7.16. The number of benzene rings is 1. The van der Waals surface area contributed by atoms with E-state index in [1.54, 1.807) is 18.3 Å². The fourth-order valence-corrected chi connectivity index (χ4v) is 1.45. The highest BCUT2D eigenvalue weighted by molar-refractivity contribution is 5.69. The number of hydrogen-bond acceptors (Lipinski definition) is 3. The van der Waals surface area contributed by atoms with Crippen LogP contribution < -0.4 is 5.73 Å². The fraction of sp³-hybridized carbons (Fsp3) is 0.0833. The van der Waals surface area contributed by atoms with Crippen LogP contribution in [0.4, 0.5) is 5.69 Å². The van der Waals surface area contributed by atoms with Gasteiger partial charge >= 0.3 is 0 Å². The maximum atomic E-state index is 9.72. The minimum Gasteiger partial charge on any atom is -0.507 e. The number of nitrogen functional groups attached to an aromatic ring is 1. The molecule has 0 atom stereocenters. The molecule has 0 bridgehead atoms. The van der Waals surface area contributed by atoms with E-state index in [0.29, 0.717) is 11.3 Å². The van der Waals surface area contributed by atoms with Crippen LogP contribution >= 0.6 is 0 Å². The van der Waals surface area contributed by atoms with Crippen LogP contribution in [0.2, 0.25) is 0 Å². The molecular formula is C12H12N2O. The standard InChI is InChI=1S/C12H12N2O/c1-8-4-5-14-11(6-8)10-3-2-9(13)7-12(10)15/h2-7,15H,13H2,1H3. The van der Waals surface area contributed by atoms with E-state index in [9.17, 15) is 5.11 Å². The van der Waals surface area contributed by atoms with Crippen LogP contribution in [-0.4, -0.2) is 10.1 Å². The van der Waals surface area contributed by atoms with Gasteiger partial charge in [0.1, 0.15) is 5.75 Å². The topological polar surface area (TPSA) is 59.1 Å². The zero-order valence-electron chi connectivity index (χ0n) is 8.44. The Balaban J connectivity index is 2.54. The molecule has 3 nitrogen and oxygen atoms in total. The number of rotatable bonds is 1. The molecule has 2 rings (SSSR count). The Labute approximate surface area is 88.2 Å². The number of phenolic OH excluding ortho intramolecular Hbond substituents is 1. The van der Waals surface area contributed by atoms with Crippen LogP contribution in [0.25, 0.3) is 11.3 Å². The average molecular weight is 200 g/mol. The molecule has 0 fully saturated rings. The highest BCUT2D eigenvalue weighted by Gasteiger charge is 2.05. The van der Waals surface area contributed by atoms with Crippen molar-refractivity contribution in [3.8, 4) is 17.0 Å². The molecule has 0 spiro atoms. The zero-order valence-corrected chi connectivity index (χ0v) is 8.44. The molecule has 15 heavy (non-hydrogen) atoms. The summed E-state index contributed by atoms with van der Waals surface area (Å²) < 4.78 is 0. The molecular weight excluding hydrogens is 188 g/mol. The second-order valence-electron chi connectivity index (χ2n) is 3.50. The molecule has 1 aromatic carbocycles. The molecule has 3 N–H and O–H groups in total. The van der Waals surface area contributed by atoms with E-state index in [1.807, 2.05) is 19.1 Å². The lowest BCUT2D eigenvalue weighted by atomic mass is 10.1. The quantitative estimate of drug-likeness (QED) is 0.694. The first kappa shape index (κ1) is 9.52. The summed E-state index contributed by atoms with van der Waals surface area (Å²) in [4.78, 5) is 4.20. The highest BCUT2D eigenvalue weighted by atomic mass is 16.3. The zero-order chi connectivity index (χ0) is 10.8. The SMILES string of the molecule is Cc1ccnc(-c2ccc(N)cc2O)c1. The molecule has 0 unspecified atom stereocenters. The number of aromatic nitrogens is 1. The van der Waals surface area contributed by atoms with Crippen LogP contribution in [0.3, 0.4) is 0 Å². The third kappa shape index (κ3) is 1.91. The number of phenols is 1. The third-order valence-corrected chi connectivity index (χ3v) is 2.21. The summed E-state index contributed by atoms with van der Waals surface area (Å²) in [5.74, 6) is 0.160. The van der Waals surface area contributed by atoms with Crippen LogP contribution in [0.5, 0.6) is 5.75 Å². The summed E-state index contributed by atoms with van der Waals surface area (Å²) in [6.45, 7) is 1.99. The van der Waals surface area contributed by atoms with Gasteiger partial charge in [0.15, 0.2) is 0 Å². The molecule has 0 saturated heterocycles. The van der Waals surface area contributed by atoms with Crippen molar-refractivity contribution in [1.82, 2.24) is 4.98 Å². The lowest BCUT2D eigenvalue weighted by Gasteiger charge is -2.05. The lowest BCUT2D eigenvalue weighted by Crippen LogP contribution is -1.88. The van der Waals surface area contributed by atoms with Gasteiger partial charge in [-0.3, -0.25) is 4.98 Å². The van der Waals surface area contributed by atoms with Gasteiger partial charge < -0.3 is 10.8 Å². The Morgan fingerprint density at radius 1 is 1.20 bits per heavy atom. The maximum Gasteiger partial charge on any atom is 0.127 e. The predicted molar refractivity (Wildman–Crippen MR) is 60.5 cm³/mol. The van der Waals surface area contributed by atoms with Crippen LogP contribution in [0, 0.1) is 6.92 Å². The van der Waals surface area contributed by atoms with E-state index in [4.69, 9.17) is 5.73 Å². The van der Waals surface area contributed by atoms with Gasteiger partial charge in [-0.15, -0.1) is 0 Å². The normalized spacial score (nSPS) is 10.2. The molecule has 0 aliphatic rings. The Morgan fingerprint density at radius 2 is 2.00 bits per heavy atom. The molecule has 76 valence electrons. The van der Waals surface area contributed by atoms with E-state index in [2.05, 4.69) is 4.98 Å². The van der Waals surface area contributed by atoms with Gasteiger partial charge in [0, 0.05) is 23.5 Å². The number of hydrogen-bond donors (Lipinski definition) is 2. The van der Waals surface area contributed by atoms with Crippen molar-refractivity contribution in [2.24, 2.45) is 0 Å². The van der Waals surface area contributed by atoms with E-state index in [1.165, 1.54) is 6.07 Å². The minimum absolute atomic E-state index is 0.160. The van der Waals surface area contributed by atoms with Gasteiger partial charge in [-0.05, 0) is 36.8 Å². The van der Waals surface area contributed by atoms with Crippen LogP contribution in [0.15, 0.2) is 36.5 Å². The Hall–Kier alpha value is -2.03. The molecule has 1 aromatic heterocycles. The molecule has 0 aliphatic carbocycles. The van der Waals surface area contributed by atoms with Gasteiger partial charge in [0.05, 0.1) is 5.69 Å². The summed E-state index contributed by atoms with van der Waals surface area (Å²) >= 11 is 0. The Bertz CT molecular complexity index is 495. The summed E-state index contributed by atoms with van der Waals surface area (Å²) in [5.41, 5.74) is 8.67. The van der Waals surface area contributed by atoms with Gasteiger partial charge in [-0.2, -0.15) is 0 Å². The minimum atomic E-state index is 0.160. The van der Waals surface area contributed by atoms with Crippen LogP contribution in [-0.2, 0) is 0 Å². The second-order valence-corrected chi connectivity index (χ2v) is 3.50. The van der Waals surface area contributed by atoms with Crippen molar-refractivity contribution in [2.75, 3.05) is 5.73 Å². The van der Waals surface area contributed by atoms with Crippen molar-refractivity contribution in [2.45, 2.75) is 6.92 Å². The van der Waals surface area contributed by atoms with Crippen molar-refractivity contribution < 1.29 is 5.11 Å². The number of nitrogens with two attached hydrogens (primary N) is 1.